The van der Waals surface area contributed by atoms with Crippen LogP contribution in [0, 0.1) is 0 Å². The summed E-state index contributed by atoms with van der Waals surface area (Å²) in [6.45, 7) is 0.652. The predicted octanol–water partition coefficient (Wildman–Crippen LogP) is 4.76. The molecule has 0 saturated carbocycles. The number of hydrogen-bond acceptors (Lipinski definition) is 5. The number of pyridine rings is 1. The molecule has 25 heavy (non-hydrogen) atoms. The Bertz CT molecular complexity index is 1040. The fourth-order valence-corrected chi connectivity index (χ4v) is 3.56. The summed E-state index contributed by atoms with van der Waals surface area (Å²) in [4.78, 5) is 24.3. The van der Waals surface area contributed by atoms with Crippen molar-refractivity contribution in [2.24, 2.45) is 0 Å². The fraction of sp³-hybridized carbons (Fsp3) is 0.0556. The molecule has 5 nitrogen and oxygen atoms in total. The largest absolute Gasteiger partial charge is 0.357 e. The molecule has 0 fully saturated rings. The number of aromatic amines is 1. The molecule has 4 aromatic rings. The van der Waals surface area contributed by atoms with E-state index < -0.39 is 0 Å². The van der Waals surface area contributed by atoms with Gasteiger partial charge in [-0.15, -0.1) is 0 Å². The van der Waals surface area contributed by atoms with Gasteiger partial charge in [0.25, 0.3) is 0 Å². The second kappa shape index (κ2) is 6.66. The summed E-state index contributed by atoms with van der Waals surface area (Å²) in [7, 11) is 0. The molecule has 124 valence electrons. The number of carbonyl (C=O) groups is 1. The van der Waals surface area contributed by atoms with E-state index in [0.717, 1.165) is 32.9 Å². The summed E-state index contributed by atoms with van der Waals surface area (Å²) in [6.07, 6.45) is 4.31. The maximum atomic E-state index is 11.5. The first-order valence-corrected chi connectivity index (χ1v) is 8.80. The van der Waals surface area contributed by atoms with Crippen molar-refractivity contribution in [1.82, 2.24) is 15.0 Å². The number of benzene rings is 1. The van der Waals surface area contributed by atoms with Gasteiger partial charge in [-0.2, -0.15) is 0 Å². The molecular formula is C18H13ClN4OS. The van der Waals surface area contributed by atoms with E-state index in [2.05, 4.69) is 20.3 Å². The summed E-state index contributed by atoms with van der Waals surface area (Å²) in [5.41, 5.74) is 3.17. The van der Waals surface area contributed by atoms with Crippen LogP contribution in [0.4, 0.5) is 5.13 Å². The number of anilines is 1. The molecule has 4 rings (SSSR count). The molecule has 0 spiro atoms. The van der Waals surface area contributed by atoms with Gasteiger partial charge in [-0.1, -0.05) is 35.1 Å². The van der Waals surface area contributed by atoms with Gasteiger partial charge in [-0.25, -0.2) is 9.97 Å². The molecule has 0 radical (unpaired) electrons. The highest BCUT2D eigenvalue weighted by molar-refractivity contribution is 7.18. The van der Waals surface area contributed by atoms with Crippen LogP contribution in [0.3, 0.4) is 0 Å². The van der Waals surface area contributed by atoms with Gasteiger partial charge in [0, 0.05) is 29.3 Å². The van der Waals surface area contributed by atoms with E-state index in [-0.39, 0.29) is 0 Å². The standard InChI is InChI=1S/C18H13ClN4OS/c19-12-5-3-11(4-6-12)8-21-18-22-9-15(25-18)16-14(10-24)13-2-1-7-20-17(13)23-16/h1-7,9-10H,8H2,(H,20,23)(H,21,22). The highest BCUT2D eigenvalue weighted by atomic mass is 35.5. The normalized spacial score (nSPS) is 10.9. The van der Waals surface area contributed by atoms with E-state index in [9.17, 15) is 4.79 Å². The van der Waals surface area contributed by atoms with Gasteiger partial charge in [-0.3, -0.25) is 4.79 Å². The Kier molecular flexibility index (Phi) is 4.21. The van der Waals surface area contributed by atoms with E-state index >= 15 is 0 Å². The van der Waals surface area contributed by atoms with Gasteiger partial charge in [0.05, 0.1) is 16.1 Å². The highest BCUT2D eigenvalue weighted by Crippen LogP contribution is 2.33. The van der Waals surface area contributed by atoms with Crippen molar-refractivity contribution in [1.29, 1.82) is 0 Å². The minimum atomic E-state index is 0.607. The highest BCUT2D eigenvalue weighted by Gasteiger charge is 2.15. The van der Waals surface area contributed by atoms with Gasteiger partial charge in [0.1, 0.15) is 5.65 Å². The van der Waals surface area contributed by atoms with E-state index in [0.29, 0.717) is 22.8 Å². The van der Waals surface area contributed by atoms with E-state index in [1.807, 2.05) is 36.4 Å². The molecule has 1 aromatic carbocycles. The second-order valence-corrected chi connectivity index (χ2v) is 6.91. The van der Waals surface area contributed by atoms with Crippen molar-refractivity contribution in [3.63, 3.8) is 0 Å². The molecule has 0 aliphatic rings. The number of hydrogen-bond donors (Lipinski definition) is 2. The Balaban J connectivity index is 1.59. The number of nitrogens with zero attached hydrogens (tertiary/aromatic N) is 2. The van der Waals surface area contributed by atoms with Crippen LogP contribution in [0.1, 0.15) is 15.9 Å². The average Bonchev–Trinajstić information content (AvgIpc) is 3.25. The maximum absolute atomic E-state index is 11.5. The molecule has 3 heterocycles. The number of aldehydes is 1. The Morgan fingerprint density at radius 3 is 2.84 bits per heavy atom. The van der Waals surface area contributed by atoms with Crippen molar-refractivity contribution in [3.8, 4) is 10.6 Å². The van der Waals surface area contributed by atoms with Crippen LogP contribution >= 0.6 is 22.9 Å². The number of carbonyl (C=O) groups excluding carboxylic acids is 1. The number of fused-ring (bicyclic) bond motifs is 1. The van der Waals surface area contributed by atoms with Gasteiger partial charge < -0.3 is 10.3 Å². The summed E-state index contributed by atoms with van der Waals surface area (Å²) in [6, 6.07) is 11.4. The predicted molar refractivity (Wildman–Crippen MR) is 101 cm³/mol. The molecule has 0 saturated heterocycles. The van der Waals surface area contributed by atoms with E-state index in [1.54, 1.807) is 12.4 Å². The molecule has 7 heteroatoms. The minimum Gasteiger partial charge on any atom is -0.357 e. The van der Waals surface area contributed by atoms with Gasteiger partial charge in [0.15, 0.2) is 11.4 Å². The number of H-pyrrole nitrogens is 1. The van der Waals surface area contributed by atoms with Crippen molar-refractivity contribution in [2.75, 3.05) is 5.32 Å². The zero-order valence-corrected chi connectivity index (χ0v) is 14.6. The third-order valence-corrected chi connectivity index (χ3v) is 5.06. The van der Waals surface area contributed by atoms with Crippen molar-refractivity contribution in [3.05, 3.63) is 64.9 Å². The van der Waals surface area contributed by atoms with Gasteiger partial charge in [-0.05, 0) is 29.8 Å². The lowest BCUT2D eigenvalue weighted by atomic mass is 10.2. The number of rotatable bonds is 5. The van der Waals surface area contributed by atoms with Crippen LogP contribution in [0.2, 0.25) is 5.02 Å². The van der Waals surface area contributed by atoms with Crippen LogP contribution < -0.4 is 5.32 Å². The number of halogens is 1. The van der Waals surface area contributed by atoms with Crippen LogP contribution in [0.15, 0.2) is 48.8 Å². The first kappa shape index (κ1) is 15.8. The number of aromatic nitrogens is 3. The third-order valence-electron chi connectivity index (χ3n) is 3.84. The molecule has 2 N–H and O–H groups in total. The lowest BCUT2D eigenvalue weighted by Crippen LogP contribution is -1.98. The van der Waals surface area contributed by atoms with Crippen molar-refractivity contribution < 1.29 is 4.79 Å². The van der Waals surface area contributed by atoms with Crippen molar-refractivity contribution >= 4 is 45.4 Å². The quantitative estimate of drug-likeness (QED) is 0.498. The van der Waals surface area contributed by atoms with E-state index in [4.69, 9.17) is 11.6 Å². The van der Waals surface area contributed by atoms with Crippen LogP contribution in [-0.4, -0.2) is 21.2 Å². The SMILES string of the molecule is O=Cc1c(-c2cnc(NCc3ccc(Cl)cc3)s2)[nH]c2ncccc12. The minimum absolute atomic E-state index is 0.607. The summed E-state index contributed by atoms with van der Waals surface area (Å²) in [5.74, 6) is 0. The number of thiazole rings is 1. The van der Waals surface area contributed by atoms with Gasteiger partial charge in [0.2, 0.25) is 0 Å². The summed E-state index contributed by atoms with van der Waals surface area (Å²) >= 11 is 7.38. The lowest BCUT2D eigenvalue weighted by molar-refractivity contribution is 0.112. The van der Waals surface area contributed by atoms with E-state index in [1.165, 1.54) is 11.3 Å². The van der Waals surface area contributed by atoms with Crippen molar-refractivity contribution in [2.45, 2.75) is 6.54 Å². The zero-order valence-electron chi connectivity index (χ0n) is 13.0. The monoisotopic (exact) mass is 368 g/mol. The molecule has 0 unspecified atom stereocenters. The zero-order chi connectivity index (χ0) is 17.2. The molecular weight excluding hydrogens is 356 g/mol. The Labute approximate surface area is 152 Å². The Morgan fingerprint density at radius 2 is 2.04 bits per heavy atom. The van der Waals surface area contributed by atoms with Gasteiger partial charge >= 0.3 is 0 Å². The molecule has 0 aliphatic carbocycles. The second-order valence-electron chi connectivity index (χ2n) is 5.44. The Morgan fingerprint density at radius 1 is 1.20 bits per heavy atom. The summed E-state index contributed by atoms with van der Waals surface area (Å²) in [5, 5.41) is 5.61. The average molecular weight is 369 g/mol. The molecule has 0 aliphatic heterocycles. The first-order valence-electron chi connectivity index (χ1n) is 7.61. The lowest BCUT2D eigenvalue weighted by Gasteiger charge is -2.02. The molecule has 0 atom stereocenters. The maximum Gasteiger partial charge on any atom is 0.183 e. The van der Waals surface area contributed by atoms with Crippen LogP contribution in [0.5, 0.6) is 0 Å². The fourth-order valence-electron chi connectivity index (χ4n) is 2.61. The number of nitrogens with one attached hydrogen (secondary N) is 2. The molecule has 0 bridgehead atoms. The molecule has 0 amide bonds. The third kappa shape index (κ3) is 3.14. The smallest absolute Gasteiger partial charge is 0.183 e. The molecule has 3 aromatic heterocycles. The van der Waals surface area contributed by atoms with Crippen LogP contribution in [-0.2, 0) is 6.54 Å². The first-order chi connectivity index (χ1) is 12.2. The summed E-state index contributed by atoms with van der Waals surface area (Å²) < 4.78 is 0. The Hall–Kier alpha value is -2.70. The van der Waals surface area contributed by atoms with Crippen LogP contribution in [0.25, 0.3) is 21.6 Å². The topological polar surface area (TPSA) is 70.7 Å².